The minimum absolute atomic E-state index is 0.0265. The van der Waals surface area contributed by atoms with Crippen molar-refractivity contribution >= 4 is 23.6 Å². The summed E-state index contributed by atoms with van der Waals surface area (Å²) in [4.78, 5) is 23.0. The summed E-state index contributed by atoms with van der Waals surface area (Å²) in [5.74, 6) is -0.357. The summed E-state index contributed by atoms with van der Waals surface area (Å²) in [6.07, 6.45) is 2.00. The molecule has 0 saturated carbocycles. The van der Waals surface area contributed by atoms with Gasteiger partial charge in [0, 0.05) is 18.2 Å². The summed E-state index contributed by atoms with van der Waals surface area (Å²) in [6, 6.07) is 0.0720. The van der Waals surface area contributed by atoms with Crippen LogP contribution in [0.25, 0.3) is 0 Å². The molecule has 4 nitrogen and oxygen atoms in total. The largest absolute Gasteiger partial charge is 0.481 e. The Morgan fingerprint density at radius 3 is 2.24 bits per heavy atom. The van der Waals surface area contributed by atoms with Crippen LogP contribution in [-0.4, -0.2) is 35.0 Å². The molecule has 0 aliphatic carbocycles. The molecule has 0 saturated heterocycles. The first-order chi connectivity index (χ1) is 7.74. The van der Waals surface area contributed by atoms with Gasteiger partial charge < -0.3 is 10.4 Å². The molecule has 1 amide bonds. The second-order valence-corrected chi connectivity index (χ2v) is 5.89. The van der Waals surface area contributed by atoms with E-state index < -0.39 is 11.4 Å². The number of aliphatic carboxylic acids is 1. The van der Waals surface area contributed by atoms with Gasteiger partial charge in [-0.25, -0.2) is 0 Å². The van der Waals surface area contributed by atoms with E-state index in [-0.39, 0.29) is 24.3 Å². The van der Waals surface area contributed by atoms with Crippen molar-refractivity contribution in [1.82, 2.24) is 5.32 Å². The predicted octanol–water partition coefficient (Wildman–Crippen LogP) is 1.99. The number of carboxylic acids is 1. The number of amides is 1. The summed E-state index contributed by atoms with van der Waals surface area (Å²) < 4.78 is 0. The third-order valence-electron chi connectivity index (χ3n) is 3.11. The summed E-state index contributed by atoms with van der Waals surface area (Å²) in [5, 5.41) is 12.0. The van der Waals surface area contributed by atoms with Crippen molar-refractivity contribution in [2.24, 2.45) is 11.3 Å². The first-order valence-corrected chi connectivity index (χ1v) is 7.15. The Morgan fingerprint density at radius 1 is 1.35 bits per heavy atom. The number of hydrogen-bond donors (Lipinski definition) is 2. The number of rotatable bonds is 7. The van der Waals surface area contributed by atoms with Crippen molar-refractivity contribution in [2.75, 3.05) is 12.0 Å². The minimum atomic E-state index is -0.997. The van der Waals surface area contributed by atoms with E-state index in [2.05, 4.69) is 5.32 Å². The maximum atomic E-state index is 11.8. The van der Waals surface area contributed by atoms with E-state index >= 15 is 0 Å². The van der Waals surface area contributed by atoms with Crippen molar-refractivity contribution in [2.45, 2.75) is 40.2 Å². The molecule has 0 aliphatic rings. The quantitative estimate of drug-likeness (QED) is 0.735. The van der Waals surface area contributed by atoms with Gasteiger partial charge in [-0.3, -0.25) is 9.59 Å². The fourth-order valence-electron chi connectivity index (χ4n) is 1.48. The van der Waals surface area contributed by atoms with Gasteiger partial charge in [-0.1, -0.05) is 13.8 Å². The maximum absolute atomic E-state index is 11.8. The third-order valence-corrected chi connectivity index (χ3v) is 3.95. The van der Waals surface area contributed by atoms with Gasteiger partial charge in [0.25, 0.3) is 0 Å². The van der Waals surface area contributed by atoms with E-state index in [1.54, 1.807) is 18.7 Å². The van der Waals surface area contributed by atoms with E-state index in [1.165, 1.54) is 0 Å². The Bertz CT molecular complexity index is 281. The number of hydrogen-bond acceptors (Lipinski definition) is 3. The van der Waals surface area contributed by atoms with Crippen LogP contribution in [0.3, 0.4) is 0 Å². The Labute approximate surface area is 108 Å². The van der Waals surface area contributed by atoms with Crippen LogP contribution in [0.2, 0.25) is 0 Å². The Hall–Kier alpha value is -0.710. The highest BCUT2D eigenvalue weighted by atomic mass is 32.2. The molecule has 2 N–H and O–H groups in total. The van der Waals surface area contributed by atoms with Gasteiger partial charge in [0.15, 0.2) is 0 Å². The molecule has 0 heterocycles. The van der Waals surface area contributed by atoms with E-state index in [0.29, 0.717) is 0 Å². The van der Waals surface area contributed by atoms with E-state index in [9.17, 15) is 14.7 Å². The van der Waals surface area contributed by atoms with Gasteiger partial charge in [0.05, 0.1) is 5.41 Å². The molecule has 0 aromatic rings. The fraction of sp³-hybridized carbons (Fsp3) is 0.833. The van der Waals surface area contributed by atoms with Crippen LogP contribution < -0.4 is 5.32 Å². The monoisotopic (exact) mass is 261 g/mol. The lowest BCUT2D eigenvalue weighted by Gasteiger charge is -2.28. The molecule has 0 aromatic heterocycles. The molecule has 0 rings (SSSR count). The number of nitrogens with one attached hydrogen (secondary N) is 1. The number of carbonyl (C=O) groups excluding carboxylic acids is 1. The Balaban J connectivity index is 4.48. The number of carboxylic acid groups (broad SMARTS) is 1. The van der Waals surface area contributed by atoms with Crippen LogP contribution in [0.1, 0.15) is 34.1 Å². The Kier molecular flexibility index (Phi) is 6.60. The van der Waals surface area contributed by atoms with Crippen LogP contribution in [0, 0.1) is 11.3 Å². The molecular formula is C12H23NO3S. The normalized spacial score (nSPS) is 16.4. The summed E-state index contributed by atoms with van der Waals surface area (Å²) in [7, 11) is 0. The molecule has 2 unspecified atom stereocenters. The number of thioether (sulfide) groups is 1. The topological polar surface area (TPSA) is 66.4 Å². The minimum Gasteiger partial charge on any atom is -0.481 e. The zero-order valence-corrected chi connectivity index (χ0v) is 12.1. The third kappa shape index (κ3) is 4.98. The lowest BCUT2D eigenvalue weighted by molar-refractivity contribution is -0.153. The fourth-order valence-corrected chi connectivity index (χ4v) is 2.06. The lowest BCUT2D eigenvalue weighted by Crippen LogP contribution is -2.42. The van der Waals surface area contributed by atoms with Gasteiger partial charge in [-0.05, 0) is 26.0 Å². The van der Waals surface area contributed by atoms with Crippen LogP contribution in [0.5, 0.6) is 0 Å². The highest BCUT2D eigenvalue weighted by Crippen LogP contribution is 2.31. The van der Waals surface area contributed by atoms with Crippen molar-refractivity contribution in [1.29, 1.82) is 0 Å². The predicted molar refractivity (Wildman–Crippen MR) is 71.2 cm³/mol. The highest BCUT2D eigenvalue weighted by molar-refractivity contribution is 7.98. The van der Waals surface area contributed by atoms with Crippen molar-refractivity contribution in [3.63, 3.8) is 0 Å². The first-order valence-electron chi connectivity index (χ1n) is 5.75. The van der Waals surface area contributed by atoms with Gasteiger partial charge in [0.1, 0.15) is 0 Å². The zero-order chi connectivity index (χ0) is 13.6. The van der Waals surface area contributed by atoms with Crippen molar-refractivity contribution in [3.8, 4) is 0 Å². The lowest BCUT2D eigenvalue weighted by atomic mass is 9.76. The van der Waals surface area contributed by atoms with E-state index in [0.717, 1.165) is 5.75 Å². The second kappa shape index (κ2) is 6.89. The van der Waals surface area contributed by atoms with Crippen LogP contribution >= 0.6 is 11.8 Å². The molecule has 0 aliphatic heterocycles. The van der Waals surface area contributed by atoms with Gasteiger partial charge in [-0.2, -0.15) is 11.8 Å². The first kappa shape index (κ1) is 16.3. The van der Waals surface area contributed by atoms with Gasteiger partial charge >= 0.3 is 5.97 Å². The van der Waals surface area contributed by atoms with E-state index in [4.69, 9.17) is 0 Å². The molecule has 0 radical (unpaired) electrons. The molecule has 0 aromatic carbocycles. The van der Waals surface area contributed by atoms with E-state index in [1.807, 2.05) is 27.0 Å². The molecule has 2 atom stereocenters. The summed E-state index contributed by atoms with van der Waals surface area (Å²) in [6.45, 7) is 7.19. The van der Waals surface area contributed by atoms with Crippen molar-refractivity contribution < 1.29 is 14.7 Å². The number of carbonyl (C=O) groups is 2. The molecule has 5 heteroatoms. The molecule has 17 heavy (non-hydrogen) atoms. The van der Waals surface area contributed by atoms with Crippen LogP contribution in [0.4, 0.5) is 0 Å². The molecule has 0 spiro atoms. The molecule has 0 bridgehead atoms. The summed E-state index contributed by atoms with van der Waals surface area (Å²) >= 11 is 1.65. The highest BCUT2D eigenvalue weighted by Gasteiger charge is 2.38. The second-order valence-electron chi connectivity index (χ2n) is 4.98. The molecule has 100 valence electrons. The average molecular weight is 261 g/mol. The zero-order valence-electron chi connectivity index (χ0n) is 11.2. The average Bonchev–Trinajstić information content (AvgIpc) is 2.16. The standard InChI is InChI=1S/C12H23NO3S/c1-8(2)12(4,11(15)16)6-10(14)13-9(3)7-17-5/h8-9H,6-7H2,1-5H3,(H,13,14)(H,15,16). The van der Waals surface area contributed by atoms with Gasteiger partial charge in [0.2, 0.25) is 5.91 Å². The summed E-state index contributed by atoms with van der Waals surface area (Å²) in [5.41, 5.74) is -0.997. The Morgan fingerprint density at radius 2 is 1.88 bits per heavy atom. The smallest absolute Gasteiger partial charge is 0.310 e. The molecule has 0 fully saturated rings. The van der Waals surface area contributed by atoms with Crippen molar-refractivity contribution in [3.05, 3.63) is 0 Å². The van der Waals surface area contributed by atoms with Gasteiger partial charge in [-0.15, -0.1) is 0 Å². The van der Waals surface area contributed by atoms with Crippen LogP contribution in [0.15, 0.2) is 0 Å². The SMILES string of the molecule is CSCC(C)NC(=O)CC(C)(C(=O)O)C(C)C. The van der Waals surface area contributed by atoms with Crippen LogP contribution in [-0.2, 0) is 9.59 Å². The molecular weight excluding hydrogens is 238 g/mol. The maximum Gasteiger partial charge on any atom is 0.310 e.